The van der Waals surface area contributed by atoms with Crippen LogP contribution in [0.1, 0.15) is 17.0 Å². The van der Waals surface area contributed by atoms with Gasteiger partial charge in [-0.2, -0.15) is 0 Å². The van der Waals surface area contributed by atoms with Crippen molar-refractivity contribution in [1.29, 1.82) is 0 Å². The van der Waals surface area contributed by atoms with Crippen LogP contribution in [0.25, 0.3) is 10.9 Å². The van der Waals surface area contributed by atoms with Gasteiger partial charge in [0.05, 0.1) is 38.8 Å². The molecule has 0 aliphatic carbocycles. The summed E-state index contributed by atoms with van der Waals surface area (Å²) >= 11 is 6.14. The molecule has 11 nitrogen and oxygen atoms in total. The fourth-order valence-electron chi connectivity index (χ4n) is 4.01. The number of nitrogens with zero attached hydrogens (tertiary/aromatic N) is 7. The summed E-state index contributed by atoms with van der Waals surface area (Å²) in [6.45, 7) is 2.82. The van der Waals surface area contributed by atoms with Crippen molar-refractivity contribution in [2.75, 3.05) is 26.0 Å². The van der Waals surface area contributed by atoms with E-state index in [0.717, 1.165) is 16.6 Å². The number of benzene rings is 1. The topological polar surface area (TPSA) is 129 Å². The minimum absolute atomic E-state index is 0. The number of nitrogens with one attached hydrogen (secondary N) is 1. The lowest BCUT2D eigenvalue weighted by atomic mass is 10.1. The zero-order chi connectivity index (χ0) is 27.4. The fraction of sp³-hybridized carbons (Fsp3) is 0.269. The molecule has 4 rings (SSSR count). The number of carbonyl (C=O) groups excluding carboxylic acids is 1. The number of quaternary nitrogens is 1. The summed E-state index contributed by atoms with van der Waals surface area (Å²) in [6.07, 6.45) is 7.95. The van der Waals surface area contributed by atoms with Crippen LogP contribution in [0.4, 0.5) is 17.3 Å². The highest BCUT2D eigenvalue weighted by molar-refractivity contribution is 6.31. The monoisotopic (exact) mass is 614 g/mol. The second kappa shape index (κ2) is 12.4. The lowest BCUT2D eigenvalue weighted by molar-refractivity contribution is -0.898. The minimum Gasteiger partial charge on any atom is -1.00 e. The van der Waals surface area contributed by atoms with Gasteiger partial charge in [0.1, 0.15) is 18.7 Å². The molecular weight excluding hydrogens is 588 g/mol. The van der Waals surface area contributed by atoms with Gasteiger partial charge in [-0.05, 0) is 58.8 Å². The Kier molecular flexibility index (Phi) is 9.49. The van der Waals surface area contributed by atoms with E-state index in [1.807, 2.05) is 45.3 Å². The number of anilines is 2. The number of halogens is 2. The standard InChI is InChI=1S/C26H28ClN8O3.BrH/c1-17-10-18(7-8-22(17)27)32-25-21-12-19(28-13-23(21)29-15-30-25)11-20(36)6-5-9-35(3,4)14-24-26(34(37)38)31-16-33(24)2;/h5-8,10,12-13,15-16H,9,11,14H2,1-4H3,(H,29,30,32);1H/q+1;/p-1/b6-5+;. The average molecular weight is 616 g/mol. The molecule has 0 fully saturated rings. The zero-order valence-electron chi connectivity index (χ0n) is 21.9. The molecule has 0 spiro atoms. The van der Waals surface area contributed by atoms with Crippen molar-refractivity contribution in [3.63, 3.8) is 0 Å². The summed E-state index contributed by atoms with van der Waals surface area (Å²) in [7, 11) is 5.61. The van der Waals surface area contributed by atoms with Gasteiger partial charge in [-0.3, -0.25) is 9.78 Å². The third kappa shape index (κ3) is 7.43. The molecule has 0 radical (unpaired) electrons. The number of carbonyl (C=O) groups is 1. The van der Waals surface area contributed by atoms with Gasteiger partial charge in [0.2, 0.25) is 6.33 Å². The first-order valence-corrected chi connectivity index (χ1v) is 12.2. The maximum Gasteiger partial charge on any atom is 0.390 e. The normalized spacial score (nSPS) is 11.5. The van der Waals surface area contributed by atoms with Crippen LogP contribution in [-0.4, -0.2) is 60.3 Å². The number of fused-ring (bicyclic) bond motifs is 1. The molecule has 204 valence electrons. The Morgan fingerprint density at radius 1 is 1.21 bits per heavy atom. The molecule has 0 aliphatic heterocycles. The molecule has 1 N–H and O–H groups in total. The number of ketones is 1. The molecule has 0 saturated carbocycles. The first-order chi connectivity index (χ1) is 18.0. The van der Waals surface area contributed by atoms with E-state index < -0.39 is 4.92 Å². The third-order valence-electron chi connectivity index (χ3n) is 6.05. The Labute approximate surface area is 241 Å². The quantitative estimate of drug-likeness (QED) is 0.122. The van der Waals surface area contributed by atoms with E-state index >= 15 is 0 Å². The van der Waals surface area contributed by atoms with Crippen molar-refractivity contribution in [2.24, 2.45) is 7.05 Å². The van der Waals surface area contributed by atoms with Crippen molar-refractivity contribution in [3.05, 3.63) is 87.4 Å². The lowest BCUT2D eigenvalue weighted by Gasteiger charge is -2.27. The van der Waals surface area contributed by atoms with Gasteiger partial charge in [-0.1, -0.05) is 11.6 Å². The van der Waals surface area contributed by atoms with Crippen molar-refractivity contribution >= 4 is 45.6 Å². The van der Waals surface area contributed by atoms with Gasteiger partial charge in [0.25, 0.3) is 0 Å². The number of likely N-dealkylation sites (N-methyl/N-ethyl adjacent to an activating group) is 1. The van der Waals surface area contributed by atoms with Gasteiger partial charge >= 0.3 is 5.82 Å². The van der Waals surface area contributed by atoms with Crippen LogP contribution in [0, 0.1) is 17.0 Å². The second-order valence-electron chi connectivity index (χ2n) is 9.71. The van der Waals surface area contributed by atoms with Crippen LogP contribution in [0.2, 0.25) is 5.02 Å². The average Bonchev–Trinajstić information content (AvgIpc) is 3.21. The van der Waals surface area contributed by atoms with Crippen molar-refractivity contribution in [2.45, 2.75) is 19.9 Å². The molecule has 13 heteroatoms. The number of pyridine rings is 1. The zero-order valence-corrected chi connectivity index (χ0v) is 24.3. The lowest BCUT2D eigenvalue weighted by Crippen LogP contribution is -3.00. The smallest absolute Gasteiger partial charge is 0.390 e. The number of hydrogen-bond acceptors (Lipinski definition) is 8. The number of aromatic nitrogens is 5. The third-order valence-corrected chi connectivity index (χ3v) is 6.47. The molecule has 0 amide bonds. The van der Waals surface area contributed by atoms with Crippen LogP contribution in [0.15, 0.2) is 55.3 Å². The summed E-state index contributed by atoms with van der Waals surface area (Å²) in [6, 6.07) is 7.43. The Hall–Kier alpha value is -3.74. The van der Waals surface area contributed by atoms with Gasteiger partial charge in [0, 0.05) is 28.8 Å². The summed E-state index contributed by atoms with van der Waals surface area (Å²) in [5.74, 6) is 0.347. The molecule has 0 atom stereocenters. The highest BCUT2D eigenvalue weighted by Crippen LogP contribution is 2.26. The number of hydrogen-bond donors (Lipinski definition) is 1. The predicted octanol–water partition coefficient (Wildman–Crippen LogP) is 1.32. The fourth-order valence-corrected chi connectivity index (χ4v) is 4.13. The molecule has 1 aromatic carbocycles. The molecular formula is C26H28BrClN8O3. The number of nitro groups is 1. The van der Waals surface area contributed by atoms with E-state index in [1.54, 1.807) is 23.9 Å². The van der Waals surface area contributed by atoms with Crippen LogP contribution in [0.3, 0.4) is 0 Å². The van der Waals surface area contributed by atoms with E-state index in [-0.39, 0.29) is 35.0 Å². The van der Waals surface area contributed by atoms with E-state index in [9.17, 15) is 14.9 Å². The molecule has 0 unspecified atom stereocenters. The van der Waals surface area contributed by atoms with Crippen LogP contribution in [-0.2, 0) is 24.8 Å². The van der Waals surface area contributed by atoms with Crippen molar-refractivity contribution in [1.82, 2.24) is 24.5 Å². The van der Waals surface area contributed by atoms with Gasteiger partial charge < -0.3 is 41.5 Å². The Morgan fingerprint density at radius 3 is 2.69 bits per heavy atom. The number of aryl methyl sites for hydroxylation is 2. The number of rotatable bonds is 10. The Morgan fingerprint density at radius 2 is 1.97 bits per heavy atom. The number of imidazole rings is 1. The van der Waals surface area contributed by atoms with E-state index in [0.29, 0.717) is 45.3 Å². The highest BCUT2D eigenvalue weighted by Gasteiger charge is 2.26. The van der Waals surface area contributed by atoms with Crippen molar-refractivity contribution < 1.29 is 31.2 Å². The predicted molar refractivity (Wildman–Crippen MR) is 145 cm³/mol. The van der Waals surface area contributed by atoms with Crippen LogP contribution < -0.4 is 22.3 Å². The molecule has 3 heterocycles. The summed E-state index contributed by atoms with van der Waals surface area (Å²) in [5, 5.41) is 16.0. The van der Waals surface area contributed by atoms with Gasteiger partial charge in [0.15, 0.2) is 11.5 Å². The first-order valence-electron chi connectivity index (χ1n) is 11.8. The van der Waals surface area contributed by atoms with E-state index in [4.69, 9.17) is 11.6 Å². The van der Waals surface area contributed by atoms with Crippen LogP contribution >= 0.6 is 11.6 Å². The highest BCUT2D eigenvalue weighted by atomic mass is 79.9. The molecule has 4 aromatic rings. The van der Waals surface area contributed by atoms with Gasteiger partial charge in [-0.25, -0.2) is 9.97 Å². The maximum absolute atomic E-state index is 12.7. The Bertz CT molecular complexity index is 1550. The SMILES string of the molecule is Cc1cc(Nc2ncnc3cnc(CC(=O)/C=C/C[N+](C)(C)Cc4c([N+](=O)[O-])ncn4C)cc23)ccc1Cl.[Br-]. The van der Waals surface area contributed by atoms with E-state index in [2.05, 4.69) is 25.3 Å². The molecule has 3 aromatic heterocycles. The molecule has 39 heavy (non-hydrogen) atoms. The number of allylic oxidation sites excluding steroid dienone is 1. The van der Waals surface area contributed by atoms with E-state index in [1.165, 1.54) is 18.7 Å². The van der Waals surface area contributed by atoms with Crippen molar-refractivity contribution in [3.8, 4) is 0 Å². The van der Waals surface area contributed by atoms with Crippen LogP contribution in [0.5, 0.6) is 0 Å². The summed E-state index contributed by atoms with van der Waals surface area (Å²) in [5.41, 5.74) is 3.55. The maximum atomic E-state index is 12.7. The summed E-state index contributed by atoms with van der Waals surface area (Å²) < 4.78 is 2.06. The molecule has 0 saturated heterocycles. The second-order valence-corrected chi connectivity index (χ2v) is 10.1. The molecule has 0 bridgehead atoms. The summed E-state index contributed by atoms with van der Waals surface area (Å²) in [4.78, 5) is 40.4. The largest absolute Gasteiger partial charge is 1.00 e. The Balaban J connectivity index is 0.00000420. The van der Waals surface area contributed by atoms with Gasteiger partial charge in [-0.15, -0.1) is 0 Å². The first kappa shape index (κ1) is 29.8. The molecule has 0 aliphatic rings. The minimum atomic E-state index is -0.478.